The van der Waals surface area contributed by atoms with Gasteiger partial charge in [0, 0.05) is 0 Å². The molecule has 1 saturated carbocycles. The fourth-order valence-electron chi connectivity index (χ4n) is 4.14. The van der Waals surface area contributed by atoms with Gasteiger partial charge in [0.1, 0.15) is 0 Å². The molecule has 170 valence electrons. The van der Waals surface area contributed by atoms with Gasteiger partial charge in [0.15, 0.2) is 0 Å². The van der Waals surface area contributed by atoms with Crippen LogP contribution in [0.4, 0.5) is 0 Å². The van der Waals surface area contributed by atoms with Crippen LogP contribution in [0.2, 0.25) is 0 Å². The van der Waals surface area contributed by atoms with Crippen molar-refractivity contribution in [1.29, 1.82) is 0 Å². The van der Waals surface area contributed by atoms with Gasteiger partial charge in [-0.25, -0.2) is 0 Å². The molecule has 2 unspecified atom stereocenters. The summed E-state index contributed by atoms with van der Waals surface area (Å²) >= 11 is 0. The van der Waals surface area contributed by atoms with E-state index in [4.69, 9.17) is 9.47 Å². The van der Waals surface area contributed by atoms with Gasteiger partial charge in [-0.05, 0) is 32.1 Å². The van der Waals surface area contributed by atoms with Crippen molar-refractivity contribution in [1.82, 2.24) is 0 Å². The number of carbonyl (C=O) groups excluding carboxylic acids is 2. The molecule has 29 heavy (non-hydrogen) atoms. The number of hydrogen-bond acceptors (Lipinski definition) is 4. The molecule has 1 aliphatic carbocycles. The Bertz CT molecular complexity index is 421. The predicted molar refractivity (Wildman–Crippen MR) is 119 cm³/mol. The molecule has 4 nitrogen and oxygen atoms in total. The topological polar surface area (TPSA) is 52.6 Å². The normalized spacial score (nSPS) is 19.1. The van der Waals surface area contributed by atoms with Gasteiger partial charge in [0.2, 0.25) is 0 Å². The van der Waals surface area contributed by atoms with Gasteiger partial charge in [-0.1, -0.05) is 90.9 Å². The van der Waals surface area contributed by atoms with E-state index in [0.29, 0.717) is 19.6 Å². The number of rotatable bonds is 17. The van der Waals surface area contributed by atoms with Crippen molar-refractivity contribution in [2.75, 3.05) is 13.2 Å². The van der Waals surface area contributed by atoms with Crippen LogP contribution in [0.3, 0.4) is 0 Å². The van der Waals surface area contributed by atoms with Crippen LogP contribution < -0.4 is 0 Å². The van der Waals surface area contributed by atoms with E-state index in [-0.39, 0.29) is 23.8 Å². The van der Waals surface area contributed by atoms with Gasteiger partial charge in [-0.2, -0.15) is 0 Å². The van der Waals surface area contributed by atoms with Crippen LogP contribution in [-0.4, -0.2) is 25.2 Å². The van der Waals surface area contributed by atoms with Gasteiger partial charge in [-0.3, -0.25) is 9.59 Å². The molecule has 1 aliphatic rings. The zero-order chi connectivity index (χ0) is 21.2. The zero-order valence-electron chi connectivity index (χ0n) is 19.2. The van der Waals surface area contributed by atoms with Crippen LogP contribution in [0.5, 0.6) is 0 Å². The highest BCUT2D eigenvalue weighted by atomic mass is 16.5. The van der Waals surface area contributed by atoms with Gasteiger partial charge < -0.3 is 9.47 Å². The predicted octanol–water partition coefficient (Wildman–Crippen LogP) is 6.99. The molecule has 0 amide bonds. The lowest BCUT2D eigenvalue weighted by Gasteiger charge is -2.26. The van der Waals surface area contributed by atoms with Gasteiger partial charge in [0.05, 0.1) is 25.0 Å². The first-order valence-corrected chi connectivity index (χ1v) is 12.5. The summed E-state index contributed by atoms with van der Waals surface area (Å²) in [4.78, 5) is 24.6. The van der Waals surface area contributed by atoms with E-state index in [1.165, 1.54) is 51.4 Å². The SMILES string of the molecule is CCCCCCCCCCCCOC(=O)C1CCCC(C(=O)OCCCCC)C1. The Morgan fingerprint density at radius 3 is 1.48 bits per heavy atom. The molecular weight excluding hydrogens is 364 g/mol. The first-order chi connectivity index (χ1) is 14.2. The maximum absolute atomic E-state index is 12.4. The Morgan fingerprint density at radius 1 is 0.621 bits per heavy atom. The smallest absolute Gasteiger partial charge is 0.308 e. The Balaban J connectivity index is 2.05. The molecule has 4 heteroatoms. The molecular formula is C25H46O4. The summed E-state index contributed by atoms with van der Waals surface area (Å²) in [5.74, 6) is -0.474. The Hall–Kier alpha value is -1.06. The Morgan fingerprint density at radius 2 is 1.00 bits per heavy atom. The van der Waals surface area contributed by atoms with E-state index < -0.39 is 0 Å². The summed E-state index contributed by atoms with van der Waals surface area (Å²) in [6, 6.07) is 0. The van der Waals surface area contributed by atoms with E-state index in [1.807, 2.05) is 0 Å². The molecule has 0 N–H and O–H groups in total. The third-order valence-corrected chi connectivity index (χ3v) is 6.08. The number of hydrogen-bond donors (Lipinski definition) is 0. The average Bonchev–Trinajstić information content (AvgIpc) is 2.75. The summed E-state index contributed by atoms with van der Waals surface area (Å²) < 4.78 is 10.9. The van der Waals surface area contributed by atoms with Crippen LogP contribution in [0.15, 0.2) is 0 Å². The standard InChI is InChI=1S/C25H46O4/c1-3-5-7-8-9-10-11-12-13-15-20-29-25(27)23-18-16-17-22(21-23)24(26)28-19-14-6-4-2/h22-23H,3-21H2,1-2H3. The first-order valence-electron chi connectivity index (χ1n) is 12.5. The summed E-state index contributed by atoms with van der Waals surface area (Å²) in [6.45, 7) is 5.42. The van der Waals surface area contributed by atoms with Crippen LogP contribution in [0.1, 0.15) is 123 Å². The summed E-state index contributed by atoms with van der Waals surface area (Å²) in [7, 11) is 0. The third-order valence-electron chi connectivity index (χ3n) is 6.08. The summed E-state index contributed by atoms with van der Waals surface area (Å²) in [5, 5.41) is 0. The summed E-state index contributed by atoms with van der Waals surface area (Å²) in [5.41, 5.74) is 0. The van der Waals surface area contributed by atoms with Crippen molar-refractivity contribution in [2.45, 2.75) is 123 Å². The average molecular weight is 411 g/mol. The third kappa shape index (κ3) is 13.0. The van der Waals surface area contributed by atoms with Crippen molar-refractivity contribution in [2.24, 2.45) is 11.8 Å². The second-order valence-electron chi connectivity index (χ2n) is 8.78. The Labute approximate surface area is 179 Å². The quantitative estimate of drug-likeness (QED) is 0.191. The van der Waals surface area contributed by atoms with Crippen molar-refractivity contribution in [3.8, 4) is 0 Å². The molecule has 0 aliphatic heterocycles. The lowest BCUT2D eigenvalue weighted by molar-refractivity contribution is -0.155. The number of esters is 2. The zero-order valence-corrected chi connectivity index (χ0v) is 19.2. The fourth-order valence-corrected chi connectivity index (χ4v) is 4.14. The van der Waals surface area contributed by atoms with Gasteiger partial charge in [-0.15, -0.1) is 0 Å². The van der Waals surface area contributed by atoms with E-state index in [2.05, 4.69) is 13.8 Å². The highest BCUT2D eigenvalue weighted by molar-refractivity contribution is 5.76. The lowest BCUT2D eigenvalue weighted by atomic mass is 9.81. The first kappa shape index (κ1) is 26.0. The number of carbonyl (C=O) groups is 2. The van der Waals surface area contributed by atoms with Crippen LogP contribution in [-0.2, 0) is 19.1 Å². The van der Waals surface area contributed by atoms with Crippen molar-refractivity contribution in [3.63, 3.8) is 0 Å². The monoisotopic (exact) mass is 410 g/mol. The van der Waals surface area contributed by atoms with Crippen molar-refractivity contribution >= 4 is 11.9 Å². The number of ether oxygens (including phenoxy) is 2. The van der Waals surface area contributed by atoms with Gasteiger partial charge >= 0.3 is 11.9 Å². The summed E-state index contributed by atoms with van der Waals surface area (Å²) in [6.07, 6.45) is 19.1. The fraction of sp³-hybridized carbons (Fsp3) is 0.920. The molecule has 1 fully saturated rings. The van der Waals surface area contributed by atoms with Gasteiger partial charge in [0.25, 0.3) is 0 Å². The van der Waals surface area contributed by atoms with Crippen LogP contribution in [0, 0.1) is 11.8 Å². The van der Waals surface area contributed by atoms with E-state index in [0.717, 1.165) is 51.4 Å². The molecule has 0 bridgehead atoms. The maximum atomic E-state index is 12.4. The minimum Gasteiger partial charge on any atom is -0.465 e. The minimum absolute atomic E-state index is 0.107. The van der Waals surface area contributed by atoms with E-state index in [9.17, 15) is 9.59 Å². The second-order valence-corrected chi connectivity index (χ2v) is 8.78. The number of unbranched alkanes of at least 4 members (excludes halogenated alkanes) is 11. The van der Waals surface area contributed by atoms with E-state index >= 15 is 0 Å². The van der Waals surface area contributed by atoms with E-state index in [1.54, 1.807) is 0 Å². The molecule has 1 rings (SSSR count). The molecule has 0 heterocycles. The van der Waals surface area contributed by atoms with Crippen LogP contribution in [0.25, 0.3) is 0 Å². The molecule has 0 aromatic heterocycles. The molecule has 0 saturated heterocycles. The Kier molecular flexibility index (Phi) is 15.9. The maximum Gasteiger partial charge on any atom is 0.308 e. The van der Waals surface area contributed by atoms with Crippen molar-refractivity contribution in [3.05, 3.63) is 0 Å². The minimum atomic E-state index is -0.125. The highest BCUT2D eigenvalue weighted by Gasteiger charge is 2.32. The van der Waals surface area contributed by atoms with Crippen LogP contribution >= 0.6 is 0 Å². The molecule has 0 radical (unpaired) electrons. The second kappa shape index (κ2) is 17.8. The molecule has 2 atom stereocenters. The lowest BCUT2D eigenvalue weighted by Crippen LogP contribution is -2.30. The largest absolute Gasteiger partial charge is 0.465 e. The molecule has 0 aromatic rings. The van der Waals surface area contributed by atoms with Crippen molar-refractivity contribution < 1.29 is 19.1 Å². The molecule has 0 aromatic carbocycles. The highest BCUT2D eigenvalue weighted by Crippen LogP contribution is 2.31. The molecule has 0 spiro atoms.